The van der Waals surface area contributed by atoms with E-state index >= 15 is 0 Å². The predicted octanol–water partition coefficient (Wildman–Crippen LogP) is 15.4. The topological polar surface area (TPSA) is 78.9 Å². The molecule has 6 nitrogen and oxygen atoms in total. The van der Waals surface area contributed by atoms with Crippen LogP contribution in [0.2, 0.25) is 0 Å². The van der Waals surface area contributed by atoms with E-state index in [9.17, 15) is 14.4 Å². The molecule has 0 aromatic heterocycles. The molecule has 0 rings (SSSR count). The summed E-state index contributed by atoms with van der Waals surface area (Å²) in [6.07, 6.45) is 51.2. The zero-order valence-electron chi connectivity index (χ0n) is 37.2. The van der Waals surface area contributed by atoms with E-state index in [2.05, 4.69) is 57.2 Å². The van der Waals surface area contributed by atoms with E-state index in [4.69, 9.17) is 14.2 Å². The number of unbranched alkanes of at least 4 members (excludes halogenated alkanes) is 26. The first kappa shape index (κ1) is 53.6. The van der Waals surface area contributed by atoms with Crippen LogP contribution in [0.4, 0.5) is 0 Å². The highest BCUT2D eigenvalue weighted by molar-refractivity contribution is 5.71. The lowest BCUT2D eigenvalue weighted by Crippen LogP contribution is -2.30. The minimum atomic E-state index is -0.772. The van der Waals surface area contributed by atoms with Crippen LogP contribution in [0.3, 0.4) is 0 Å². The molecule has 0 N–H and O–H groups in total. The van der Waals surface area contributed by atoms with Gasteiger partial charge in [-0.25, -0.2) is 0 Å². The molecule has 0 unspecified atom stereocenters. The Morgan fingerprint density at radius 2 is 0.696 bits per heavy atom. The van der Waals surface area contributed by atoms with Crippen molar-refractivity contribution in [2.24, 2.45) is 0 Å². The Labute approximate surface area is 346 Å². The van der Waals surface area contributed by atoms with Gasteiger partial charge in [0.25, 0.3) is 0 Å². The Kier molecular flexibility index (Phi) is 43.4. The summed E-state index contributed by atoms with van der Waals surface area (Å²) in [5, 5.41) is 0. The molecule has 0 bridgehead atoms. The van der Waals surface area contributed by atoms with Crippen molar-refractivity contribution in [1.29, 1.82) is 0 Å². The molecule has 0 saturated heterocycles. The van der Waals surface area contributed by atoms with Crippen LogP contribution in [0.25, 0.3) is 0 Å². The van der Waals surface area contributed by atoms with Crippen molar-refractivity contribution in [3.05, 3.63) is 36.5 Å². The largest absolute Gasteiger partial charge is 0.462 e. The molecule has 0 saturated carbocycles. The Morgan fingerprint density at radius 1 is 0.375 bits per heavy atom. The minimum absolute atomic E-state index is 0.0740. The average Bonchev–Trinajstić information content (AvgIpc) is 3.19. The molecule has 0 heterocycles. The van der Waals surface area contributed by atoms with Crippen molar-refractivity contribution in [1.82, 2.24) is 0 Å². The van der Waals surface area contributed by atoms with Gasteiger partial charge in [0.2, 0.25) is 0 Å². The normalized spacial score (nSPS) is 12.3. The van der Waals surface area contributed by atoms with Gasteiger partial charge in [0, 0.05) is 19.3 Å². The SMILES string of the molecule is CC/C=C\C/C=C\C/C=C\CCCCCCCC(=O)OC[C@H](COC(=O)CCCCCCCCCCCCCC)OC(=O)CCCCCCCCCCCCC. The number of esters is 3. The second-order valence-corrected chi connectivity index (χ2v) is 16.0. The van der Waals surface area contributed by atoms with Crippen LogP contribution < -0.4 is 0 Å². The smallest absolute Gasteiger partial charge is 0.306 e. The quantitative estimate of drug-likeness (QED) is 0.0265. The molecule has 0 aliphatic carbocycles. The fourth-order valence-electron chi connectivity index (χ4n) is 6.81. The molecule has 326 valence electrons. The lowest BCUT2D eigenvalue weighted by atomic mass is 10.0. The van der Waals surface area contributed by atoms with Crippen LogP contribution in [0.5, 0.6) is 0 Å². The van der Waals surface area contributed by atoms with Gasteiger partial charge in [-0.1, -0.05) is 211 Å². The lowest BCUT2D eigenvalue weighted by molar-refractivity contribution is -0.167. The highest BCUT2D eigenvalue weighted by atomic mass is 16.6. The van der Waals surface area contributed by atoms with E-state index in [1.165, 1.54) is 109 Å². The second-order valence-electron chi connectivity index (χ2n) is 16.0. The molecular formula is C50H90O6. The van der Waals surface area contributed by atoms with Crippen LogP contribution in [0.1, 0.15) is 245 Å². The van der Waals surface area contributed by atoms with Crippen LogP contribution >= 0.6 is 0 Å². The minimum Gasteiger partial charge on any atom is -0.462 e. The third-order valence-corrected chi connectivity index (χ3v) is 10.4. The molecule has 6 heteroatoms. The van der Waals surface area contributed by atoms with E-state index in [1.54, 1.807) is 0 Å². The number of carbonyl (C=O) groups is 3. The first-order chi connectivity index (χ1) is 27.5. The van der Waals surface area contributed by atoms with Crippen molar-refractivity contribution in [2.45, 2.75) is 252 Å². The van der Waals surface area contributed by atoms with E-state index < -0.39 is 6.10 Å². The summed E-state index contributed by atoms with van der Waals surface area (Å²) in [5.41, 5.74) is 0. The monoisotopic (exact) mass is 787 g/mol. The Bertz CT molecular complexity index is 953. The third kappa shape index (κ3) is 42.8. The lowest BCUT2D eigenvalue weighted by Gasteiger charge is -2.18. The maximum atomic E-state index is 12.7. The van der Waals surface area contributed by atoms with Gasteiger partial charge in [0.15, 0.2) is 6.10 Å². The van der Waals surface area contributed by atoms with Crippen molar-refractivity contribution >= 4 is 17.9 Å². The first-order valence-electron chi connectivity index (χ1n) is 24.0. The standard InChI is InChI=1S/C50H90O6/c1-4-7-10-13-16-19-22-24-25-26-29-31-34-37-40-43-49(52)55-46-47(56-50(53)44-41-38-35-32-27-21-18-15-12-9-6-3)45-54-48(51)42-39-36-33-30-28-23-20-17-14-11-8-5-2/h7,10,16,19,24-25,47H,4-6,8-9,11-15,17-18,20-23,26-46H2,1-3H3/b10-7-,19-16-,25-24-/t47-/m0/s1. The first-order valence-corrected chi connectivity index (χ1v) is 24.0. The number of rotatable bonds is 43. The van der Waals surface area contributed by atoms with Crippen LogP contribution in [0.15, 0.2) is 36.5 Å². The highest BCUT2D eigenvalue weighted by Crippen LogP contribution is 2.15. The van der Waals surface area contributed by atoms with E-state index in [0.717, 1.165) is 96.3 Å². The van der Waals surface area contributed by atoms with E-state index in [0.29, 0.717) is 19.3 Å². The van der Waals surface area contributed by atoms with Gasteiger partial charge in [-0.2, -0.15) is 0 Å². The number of carbonyl (C=O) groups excluding carboxylic acids is 3. The summed E-state index contributed by atoms with van der Waals surface area (Å²) in [6.45, 7) is 6.51. The van der Waals surface area contributed by atoms with Gasteiger partial charge in [0.05, 0.1) is 0 Å². The van der Waals surface area contributed by atoms with Crippen molar-refractivity contribution in [2.75, 3.05) is 13.2 Å². The molecule has 0 aliphatic heterocycles. The fourth-order valence-corrected chi connectivity index (χ4v) is 6.81. The fraction of sp³-hybridized carbons (Fsp3) is 0.820. The molecule has 56 heavy (non-hydrogen) atoms. The predicted molar refractivity (Wildman–Crippen MR) is 238 cm³/mol. The summed E-state index contributed by atoms with van der Waals surface area (Å²) in [7, 11) is 0. The number of hydrogen-bond acceptors (Lipinski definition) is 6. The van der Waals surface area contributed by atoms with E-state index in [1.807, 2.05) is 0 Å². The molecular weight excluding hydrogens is 697 g/mol. The number of hydrogen-bond donors (Lipinski definition) is 0. The summed E-state index contributed by atoms with van der Waals surface area (Å²) >= 11 is 0. The molecule has 0 radical (unpaired) electrons. The summed E-state index contributed by atoms with van der Waals surface area (Å²) in [5.74, 6) is -0.886. The van der Waals surface area contributed by atoms with Gasteiger partial charge in [-0.3, -0.25) is 14.4 Å². The van der Waals surface area contributed by atoms with Crippen molar-refractivity contribution < 1.29 is 28.6 Å². The summed E-state index contributed by atoms with van der Waals surface area (Å²) in [6, 6.07) is 0. The second kappa shape index (κ2) is 45.3. The highest BCUT2D eigenvalue weighted by Gasteiger charge is 2.19. The molecule has 0 aromatic rings. The Balaban J connectivity index is 4.36. The average molecular weight is 787 g/mol. The third-order valence-electron chi connectivity index (χ3n) is 10.4. The molecule has 0 fully saturated rings. The maximum absolute atomic E-state index is 12.7. The Morgan fingerprint density at radius 3 is 1.09 bits per heavy atom. The molecule has 0 spiro atoms. The van der Waals surface area contributed by atoms with E-state index in [-0.39, 0.29) is 31.1 Å². The van der Waals surface area contributed by atoms with Gasteiger partial charge in [0.1, 0.15) is 13.2 Å². The number of ether oxygens (including phenoxy) is 3. The van der Waals surface area contributed by atoms with Gasteiger partial charge < -0.3 is 14.2 Å². The molecule has 0 aliphatic rings. The van der Waals surface area contributed by atoms with Crippen molar-refractivity contribution in [3.63, 3.8) is 0 Å². The molecule has 0 aromatic carbocycles. The van der Waals surface area contributed by atoms with Crippen LogP contribution in [0, 0.1) is 0 Å². The zero-order chi connectivity index (χ0) is 40.8. The summed E-state index contributed by atoms with van der Waals surface area (Å²) < 4.78 is 16.7. The maximum Gasteiger partial charge on any atom is 0.306 e. The van der Waals surface area contributed by atoms with Gasteiger partial charge in [-0.15, -0.1) is 0 Å². The summed E-state index contributed by atoms with van der Waals surface area (Å²) in [4.78, 5) is 37.8. The number of allylic oxidation sites excluding steroid dienone is 6. The van der Waals surface area contributed by atoms with Crippen LogP contribution in [-0.4, -0.2) is 37.2 Å². The zero-order valence-corrected chi connectivity index (χ0v) is 37.2. The molecule has 1 atom stereocenters. The van der Waals surface area contributed by atoms with Crippen molar-refractivity contribution in [3.8, 4) is 0 Å². The molecule has 0 amide bonds. The van der Waals surface area contributed by atoms with Crippen LogP contribution in [-0.2, 0) is 28.6 Å². The van der Waals surface area contributed by atoms with Gasteiger partial charge in [-0.05, 0) is 51.4 Å². The van der Waals surface area contributed by atoms with Gasteiger partial charge >= 0.3 is 17.9 Å². The Hall–Kier alpha value is -2.37.